The molecule has 1 saturated carbocycles. The van der Waals surface area contributed by atoms with Crippen LogP contribution in [0.15, 0.2) is 17.3 Å². The first-order valence-electron chi connectivity index (χ1n) is 6.10. The van der Waals surface area contributed by atoms with Crippen molar-refractivity contribution < 1.29 is 8.42 Å². The van der Waals surface area contributed by atoms with Gasteiger partial charge in [-0.05, 0) is 31.6 Å². The molecule has 1 aromatic rings. The minimum Gasteiger partial charge on any atom is -0.274 e. The quantitative estimate of drug-likeness (QED) is 0.855. The Balaban J connectivity index is 1.90. The van der Waals surface area contributed by atoms with E-state index in [4.69, 9.17) is 11.6 Å². The number of nitrogens with zero attached hydrogens (tertiary/aromatic N) is 2. The van der Waals surface area contributed by atoms with E-state index in [1.54, 1.807) is 7.05 Å². The van der Waals surface area contributed by atoms with Gasteiger partial charge in [0.2, 0.25) is 10.0 Å². The van der Waals surface area contributed by atoms with E-state index in [1.807, 2.05) is 0 Å². The fourth-order valence-corrected chi connectivity index (χ4v) is 3.53. The Bertz CT molecular complexity index is 492. The molecule has 1 aliphatic carbocycles. The molecule has 1 heterocycles. The number of aryl methyl sites for hydroxylation is 1. The van der Waals surface area contributed by atoms with Crippen molar-refractivity contribution in [1.82, 2.24) is 14.5 Å². The summed E-state index contributed by atoms with van der Waals surface area (Å²) in [5.41, 5.74) is 0. The van der Waals surface area contributed by atoms with E-state index in [1.165, 1.54) is 17.1 Å². The highest BCUT2D eigenvalue weighted by molar-refractivity contribution is 7.89. The van der Waals surface area contributed by atoms with Crippen LogP contribution < -0.4 is 4.72 Å². The molecule has 0 atom stereocenters. The largest absolute Gasteiger partial charge is 0.274 e. The highest BCUT2D eigenvalue weighted by Crippen LogP contribution is 2.27. The second kappa shape index (κ2) is 5.59. The van der Waals surface area contributed by atoms with E-state index >= 15 is 0 Å². The molecule has 5 nitrogen and oxygen atoms in total. The van der Waals surface area contributed by atoms with Crippen LogP contribution in [-0.2, 0) is 17.1 Å². The Kier molecular flexibility index (Phi) is 4.29. The summed E-state index contributed by atoms with van der Waals surface area (Å²) in [5, 5.41) is 4.13. The van der Waals surface area contributed by atoms with Crippen LogP contribution in [-0.4, -0.2) is 30.1 Å². The third-order valence-corrected chi connectivity index (χ3v) is 5.14. The van der Waals surface area contributed by atoms with E-state index in [9.17, 15) is 8.42 Å². The molecule has 1 fully saturated rings. The van der Waals surface area contributed by atoms with Gasteiger partial charge in [0.15, 0.2) is 0 Å². The average molecular weight is 292 g/mol. The first-order valence-corrected chi connectivity index (χ1v) is 8.02. The predicted octanol–water partition coefficient (Wildman–Crippen LogP) is 1.50. The number of sulfonamides is 1. The van der Waals surface area contributed by atoms with Crippen LogP contribution >= 0.6 is 11.6 Å². The van der Waals surface area contributed by atoms with Crippen LogP contribution in [0.4, 0.5) is 0 Å². The van der Waals surface area contributed by atoms with Gasteiger partial charge in [0.05, 0.1) is 6.20 Å². The number of rotatable bonds is 4. The molecule has 2 rings (SSSR count). The van der Waals surface area contributed by atoms with Gasteiger partial charge in [0.1, 0.15) is 4.90 Å². The highest BCUT2D eigenvalue weighted by Gasteiger charge is 2.22. The Morgan fingerprint density at radius 2 is 2.11 bits per heavy atom. The Labute approximate surface area is 113 Å². The fourth-order valence-electron chi connectivity index (χ4n) is 2.17. The number of alkyl halides is 1. The van der Waals surface area contributed by atoms with Crippen LogP contribution in [0.25, 0.3) is 0 Å². The molecule has 0 saturated heterocycles. The molecule has 1 aliphatic rings. The zero-order chi connectivity index (χ0) is 13.2. The zero-order valence-corrected chi connectivity index (χ0v) is 11.9. The van der Waals surface area contributed by atoms with Crippen LogP contribution in [0.3, 0.4) is 0 Å². The van der Waals surface area contributed by atoms with Crippen LogP contribution in [0.5, 0.6) is 0 Å². The van der Waals surface area contributed by atoms with Crippen molar-refractivity contribution in [2.45, 2.75) is 36.0 Å². The van der Waals surface area contributed by atoms with E-state index in [2.05, 4.69) is 9.82 Å². The molecule has 1 aromatic heterocycles. The maximum Gasteiger partial charge on any atom is 0.243 e. The minimum absolute atomic E-state index is 0.219. The molecule has 1 N–H and O–H groups in total. The summed E-state index contributed by atoms with van der Waals surface area (Å²) in [5.74, 6) is 0.395. The summed E-state index contributed by atoms with van der Waals surface area (Å²) in [6.07, 6.45) is 6.78. The van der Waals surface area contributed by atoms with Crippen molar-refractivity contribution >= 4 is 21.6 Å². The van der Waals surface area contributed by atoms with E-state index in [0.717, 1.165) is 25.7 Å². The fraction of sp³-hybridized carbons (Fsp3) is 0.727. The summed E-state index contributed by atoms with van der Waals surface area (Å²) in [7, 11) is -1.72. The molecule has 0 unspecified atom stereocenters. The highest BCUT2D eigenvalue weighted by atomic mass is 35.5. The second-order valence-corrected chi connectivity index (χ2v) is 7.20. The molecule has 0 bridgehead atoms. The summed E-state index contributed by atoms with van der Waals surface area (Å²) in [6.45, 7) is 0.487. The first-order chi connectivity index (χ1) is 8.47. The molecule has 0 radical (unpaired) electrons. The lowest BCUT2D eigenvalue weighted by molar-refractivity contribution is 0.361. The summed E-state index contributed by atoms with van der Waals surface area (Å²) in [6, 6.07) is 0. The van der Waals surface area contributed by atoms with Crippen molar-refractivity contribution in [3.05, 3.63) is 12.4 Å². The van der Waals surface area contributed by atoms with Crippen LogP contribution in [0.2, 0.25) is 0 Å². The molecular weight excluding hydrogens is 274 g/mol. The lowest BCUT2D eigenvalue weighted by Gasteiger charge is -2.24. The van der Waals surface area contributed by atoms with Gasteiger partial charge >= 0.3 is 0 Å². The topological polar surface area (TPSA) is 64.0 Å². The number of hydrogen-bond donors (Lipinski definition) is 1. The second-order valence-electron chi connectivity index (χ2n) is 4.82. The van der Waals surface area contributed by atoms with Gasteiger partial charge < -0.3 is 0 Å². The smallest absolute Gasteiger partial charge is 0.243 e. The van der Waals surface area contributed by atoms with Gasteiger partial charge in [-0.25, -0.2) is 13.1 Å². The van der Waals surface area contributed by atoms with Crippen LogP contribution in [0.1, 0.15) is 25.7 Å². The van der Waals surface area contributed by atoms with Crippen molar-refractivity contribution in [1.29, 1.82) is 0 Å². The maximum absolute atomic E-state index is 12.0. The van der Waals surface area contributed by atoms with Crippen molar-refractivity contribution in [3.63, 3.8) is 0 Å². The van der Waals surface area contributed by atoms with E-state index in [-0.39, 0.29) is 10.3 Å². The van der Waals surface area contributed by atoms with Gasteiger partial charge in [-0.2, -0.15) is 5.10 Å². The number of hydrogen-bond acceptors (Lipinski definition) is 3. The SMILES string of the molecule is Cn1cc(S(=O)(=O)NCC2CCC(Cl)CC2)cn1. The lowest BCUT2D eigenvalue weighted by Crippen LogP contribution is -2.31. The van der Waals surface area contributed by atoms with Gasteiger partial charge in [-0.3, -0.25) is 4.68 Å². The van der Waals surface area contributed by atoms with Gasteiger partial charge in [-0.1, -0.05) is 0 Å². The molecule has 102 valence electrons. The standard InChI is InChI=1S/C11H18ClN3O2S/c1-15-8-11(7-13-15)18(16,17)14-6-9-2-4-10(12)5-3-9/h7-10,14H,2-6H2,1H3. The summed E-state index contributed by atoms with van der Waals surface area (Å²) < 4.78 is 28.1. The summed E-state index contributed by atoms with van der Waals surface area (Å²) in [4.78, 5) is 0.219. The number of nitrogens with one attached hydrogen (secondary N) is 1. The maximum atomic E-state index is 12.0. The monoisotopic (exact) mass is 291 g/mol. The third kappa shape index (κ3) is 3.46. The molecule has 0 spiro atoms. The van der Waals surface area contributed by atoms with Crippen molar-refractivity contribution in [2.24, 2.45) is 13.0 Å². The number of aromatic nitrogens is 2. The molecule has 0 aliphatic heterocycles. The Morgan fingerprint density at radius 1 is 1.44 bits per heavy atom. The lowest BCUT2D eigenvalue weighted by atomic mass is 9.89. The summed E-state index contributed by atoms with van der Waals surface area (Å²) >= 11 is 6.02. The van der Waals surface area contributed by atoms with Gasteiger partial charge in [-0.15, -0.1) is 11.6 Å². The van der Waals surface area contributed by atoms with E-state index in [0.29, 0.717) is 12.5 Å². The van der Waals surface area contributed by atoms with Crippen molar-refractivity contribution in [2.75, 3.05) is 6.54 Å². The molecule has 0 aromatic carbocycles. The first kappa shape index (κ1) is 13.8. The Hall–Kier alpha value is -0.590. The average Bonchev–Trinajstić information content (AvgIpc) is 2.76. The number of halogens is 1. The molecule has 18 heavy (non-hydrogen) atoms. The van der Waals surface area contributed by atoms with Crippen LogP contribution in [0, 0.1) is 5.92 Å². The minimum atomic E-state index is -3.42. The van der Waals surface area contributed by atoms with Gasteiger partial charge in [0, 0.05) is 25.2 Å². The van der Waals surface area contributed by atoms with E-state index < -0.39 is 10.0 Å². The molecule has 7 heteroatoms. The van der Waals surface area contributed by atoms with Crippen molar-refractivity contribution in [3.8, 4) is 0 Å². The third-order valence-electron chi connectivity index (χ3n) is 3.33. The predicted molar refractivity (Wildman–Crippen MR) is 70.0 cm³/mol. The normalized spacial score (nSPS) is 25.2. The van der Waals surface area contributed by atoms with Gasteiger partial charge in [0.25, 0.3) is 0 Å². The molecule has 0 amide bonds. The zero-order valence-electron chi connectivity index (χ0n) is 10.3. The molecular formula is C11H18ClN3O2S. The Morgan fingerprint density at radius 3 is 2.67 bits per heavy atom.